The van der Waals surface area contributed by atoms with Crippen LogP contribution in [0.15, 0.2) is 18.2 Å². The van der Waals surface area contributed by atoms with Crippen molar-refractivity contribution in [2.45, 2.75) is 6.92 Å². The molecule has 0 aliphatic heterocycles. The van der Waals surface area contributed by atoms with E-state index in [1.54, 1.807) is 0 Å². The van der Waals surface area contributed by atoms with E-state index in [4.69, 9.17) is 4.55 Å². The lowest BCUT2D eigenvalue weighted by Crippen LogP contribution is -2.06. The molecule has 1 aromatic rings. The predicted octanol–water partition coefficient (Wildman–Crippen LogP) is 1.32. The standard InChI is InChI=1S/C7H7FO4S/c1-5-2-3-6(4-7(5)8)12-13(9,10)11/h2-4H,1H3,(H,9,10,11). The van der Waals surface area contributed by atoms with Crippen molar-refractivity contribution in [3.8, 4) is 5.75 Å². The minimum absolute atomic E-state index is 0.259. The number of hydrogen-bond donors (Lipinski definition) is 1. The predicted molar refractivity (Wildman–Crippen MR) is 43.3 cm³/mol. The van der Waals surface area contributed by atoms with Crippen molar-refractivity contribution in [2.24, 2.45) is 0 Å². The van der Waals surface area contributed by atoms with Gasteiger partial charge >= 0.3 is 10.4 Å². The molecule has 0 bridgehead atoms. The van der Waals surface area contributed by atoms with E-state index in [2.05, 4.69) is 4.18 Å². The second-order valence-electron chi connectivity index (χ2n) is 2.42. The van der Waals surface area contributed by atoms with Gasteiger partial charge in [-0.15, -0.1) is 0 Å². The Morgan fingerprint density at radius 1 is 1.46 bits per heavy atom. The lowest BCUT2D eigenvalue weighted by Gasteiger charge is -2.01. The Bertz CT molecular complexity index is 413. The molecule has 72 valence electrons. The summed E-state index contributed by atoms with van der Waals surface area (Å²) < 4.78 is 45.5. The number of halogens is 1. The molecule has 0 amide bonds. The Kier molecular flexibility index (Phi) is 2.53. The van der Waals surface area contributed by atoms with Gasteiger partial charge in [0.05, 0.1) is 0 Å². The summed E-state index contributed by atoms with van der Waals surface area (Å²) in [5.74, 6) is -0.855. The maximum absolute atomic E-state index is 12.8. The molecule has 0 aliphatic rings. The third-order valence-corrected chi connectivity index (χ3v) is 1.75. The fraction of sp³-hybridized carbons (Fsp3) is 0.143. The lowest BCUT2D eigenvalue weighted by atomic mass is 10.2. The molecule has 0 atom stereocenters. The van der Waals surface area contributed by atoms with E-state index in [0.717, 1.165) is 6.07 Å². The van der Waals surface area contributed by atoms with E-state index < -0.39 is 16.2 Å². The fourth-order valence-electron chi connectivity index (χ4n) is 0.747. The van der Waals surface area contributed by atoms with Gasteiger partial charge in [-0.1, -0.05) is 6.07 Å². The van der Waals surface area contributed by atoms with Gasteiger partial charge in [-0.3, -0.25) is 4.55 Å². The Morgan fingerprint density at radius 3 is 2.54 bits per heavy atom. The summed E-state index contributed by atoms with van der Waals surface area (Å²) in [5.41, 5.74) is 0.364. The summed E-state index contributed by atoms with van der Waals surface area (Å²) in [6.07, 6.45) is 0. The average molecular weight is 206 g/mol. The van der Waals surface area contributed by atoms with Crippen molar-refractivity contribution in [1.82, 2.24) is 0 Å². The topological polar surface area (TPSA) is 63.6 Å². The zero-order valence-electron chi connectivity index (χ0n) is 6.69. The van der Waals surface area contributed by atoms with Crippen LogP contribution in [-0.2, 0) is 10.4 Å². The van der Waals surface area contributed by atoms with Crippen molar-refractivity contribution in [3.63, 3.8) is 0 Å². The summed E-state index contributed by atoms with van der Waals surface area (Å²) in [7, 11) is -4.57. The van der Waals surface area contributed by atoms with Crippen LogP contribution in [-0.4, -0.2) is 13.0 Å². The van der Waals surface area contributed by atoms with E-state index in [1.165, 1.54) is 19.1 Å². The van der Waals surface area contributed by atoms with Gasteiger partial charge in [0, 0.05) is 6.07 Å². The van der Waals surface area contributed by atoms with Gasteiger partial charge in [-0.05, 0) is 18.6 Å². The first-order chi connectivity index (χ1) is 5.88. The second kappa shape index (κ2) is 3.31. The van der Waals surface area contributed by atoms with Crippen LogP contribution in [0.2, 0.25) is 0 Å². The molecule has 1 N–H and O–H groups in total. The van der Waals surface area contributed by atoms with Crippen LogP contribution < -0.4 is 4.18 Å². The van der Waals surface area contributed by atoms with Crippen LogP contribution in [0.3, 0.4) is 0 Å². The van der Waals surface area contributed by atoms with Gasteiger partial charge < -0.3 is 4.18 Å². The third kappa shape index (κ3) is 3.00. The number of benzene rings is 1. The third-order valence-electron chi connectivity index (χ3n) is 1.34. The minimum Gasteiger partial charge on any atom is -0.362 e. The summed E-state index contributed by atoms with van der Waals surface area (Å²) in [5, 5.41) is 0. The summed E-state index contributed by atoms with van der Waals surface area (Å²) >= 11 is 0. The zero-order chi connectivity index (χ0) is 10.1. The Morgan fingerprint density at radius 2 is 2.08 bits per heavy atom. The van der Waals surface area contributed by atoms with E-state index in [9.17, 15) is 12.8 Å². The zero-order valence-corrected chi connectivity index (χ0v) is 7.51. The molecule has 0 saturated heterocycles. The molecule has 0 aliphatic carbocycles. The number of rotatable bonds is 2. The van der Waals surface area contributed by atoms with Crippen LogP contribution >= 0.6 is 0 Å². The highest BCUT2D eigenvalue weighted by atomic mass is 32.3. The van der Waals surface area contributed by atoms with Crippen molar-refractivity contribution in [1.29, 1.82) is 0 Å². The van der Waals surface area contributed by atoms with Gasteiger partial charge in [0.15, 0.2) is 0 Å². The molecule has 0 aromatic heterocycles. The normalized spacial score (nSPS) is 11.3. The minimum atomic E-state index is -4.57. The first-order valence-electron chi connectivity index (χ1n) is 3.31. The smallest absolute Gasteiger partial charge is 0.362 e. The van der Waals surface area contributed by atoms with Gasteiger partial charge in [-0.25, -0.2) is 4.39 Å². The molecule has 0 saturated carbocycles. The molecule has 1 rings (SSSR count). The molecule has 0 spiro atoms. The summed E-state index contributed by atoms with van der Waals surface area (Å²) in [6, 6.07) is 3.46. The molecule has 0 radical (unpaired) electrons. The first kappa shape index (κ1) is 9.94. The molecule has 1 aromatic carbocycles. The summed E-state index contributed by atoms with van der Waals surface area (Å²) in [4.78, 5) is 0. The van der Waals surface area contributed by atoms with Gasteiger partial charge in [0.1, 0.15) is 11.6 Å². The molecule has 6 heteroatoms. The monoisotopic (exact) mass is 206 g/mol. The first-order valence-corrected chi connectivity index (χ1v) is 4.68. The van der Waals surface area contributed by atoms with Crippen LogP contribution in [0.4, 0.5) is 4.39 Å². The highest BCUT2D eigenvalue weighted by Gasteiger charge is 2.08. The van der Waals surface area contributed by atoms with Crippen LogP contribution in [0.5, 0.6) is 5.75 Å². The van der Waals surface area contributed by atoms with Crippen LogP contribution in [0, 0.1) is 12.7 Å². The van der Waals surface area contributed by atoms with Crippen LogP contribution in [0.1, 0.15) is 5.56 Å². The van der Waals surface area contributed by atoms with E-state index in [0.29, 0.717) is 5.56 Å². The fourth-order valence-corrected chi connectivity index (χ4v) is 1.09. The molecule has 0 heterocycles. The van der Waals surface area contributed by atoms with Crippen molar-refractivity contribution in [2.75, 3.05) is 0 Å². The maximum Gasteiger partial charge on any atom is 0.446 e. The number of aryl methyl sites for hydroxylation is 1. The Labute approximate surface area is 74.9 Å². The highest BCUT2D eigenvalue weighted by molar-refractivity contribution is 7.81. The SMILES string of the molecule is Cc1ccc(OS(=O)(=O)O)cc1F. The maximum atomic E-state index is 12.8. The molecular formula is C7H7FO4S. The van der Waals surface area contributed by atoms with Gasteiger partial charge in [-0.2, -0.15) is 8.42 Å². The van der Waals surface area contributed by atoms with E-state index >= 15 is 0 Å². The van der Waals surface area contributed by atoms with Crippen molar-refractivity contribution < 1.29 is 21.5 Å². The van der Waals surface area contributed by atoms with Crippen molar-refractivity contribution in [3.05, 3.63) is 29.6 Å². The molecular weight excluding hydrogens is 199 g/mol. The Hall–Kier alpha value is -1.14. The molecule has 13 heavy (non-hydrogen) atoms. The van der Waals surface area contributed by atoms with E-state index in [-0.39, 0.29) is 5.75 Å². The quantitative estimate of drug-likeness (QED) is 0.741. The number of hydrogen-bond acceptors (Lipinski definition) is 3. The van der Waals surface area contributed by atoms with Gasteiger partial charge in [0.25, 0.3) is 0 Å². The molecule has 0 fully saturated rings. The van der Waals surface area contributed by atoms with Crippen LogP contribution in [0.25, 0.3) is 0 Å². The molecule has 0 unspecified atom stereocenters. The Balaban J connectivity index is 2.99. The van der Waals surface area contributed by atoms with Gasteiger partial charge in [0.2, 0.25) is 0 Å². The molecule has 4 nitrogen and oxygen atoms in total. The average Bonchev–Trinajstić information content (AvgIpc) is 1.94. The summed E-state index contributed by atoms with van der Waals surface area (Å²) in [6.45, 7) is 1.52. The largest absolute Gasteiger partial charge is 0.446 e. The van der Waals surface area contributed by atoms with Crippen molar-refractivity contribution >= 4 is 10.4 Å². The van der Waals surface area contributed by atoms with E-state index in [1.807, 2.05) is 0 Å². The lowest BCUT2D eigenvalue weighted by molar-refractivity contribution is 0.386. The highest BCUT2D eigenvalue weighted by Crippen LogP contribution is 2.16. The second-order valence-corrected chi connectivity index (χ2v) is 3.44.